The van der Waals surface area contributed by atoms with Gasteiger partial charge in [-0.2, -0.15) is 0 Å². The zero-order valence-corrected chi connectivity index (χ0v) is 15.5. The first-order valence-corrected chi connectivity index (χ1v) is 9.75. The predicted molar refractivity (Wildman–Crippen MR) is 109 cm³/mol. The van der Waals surface area contributed by atoms with Crippen LogP contribution in [0.25, 0.3) is 21.7 Å². The Labute approximate surface area is 158 Å². The number of hydrogen-bond donors (Lipinski definition) is 1. The van der Waals surface area contributed by atoms with Crippen molar-refractivity contribution in [3.8, 4) is 0 Å². The topological polar surface area (TPSA) is 19.0 Å². The quantitative estimate of drug-likeness (QED) is 0.478. The van der Waals surface area contributed by atoms with Crippen LogP contribution in [0.4, 0.5) is 4.39 Å². The summed E-state index contributed by atoms with van der Waals surface area (Å²) in [6, 6.07) is 20.6. The summed E-state index contributed by atoms with van der Waals surface area (Å²) in [4.78, 5) is 6.15. The Hall–Kier alpha value is -2.65. The molecule has 1 atom stereocenters. The molecular weight excluding hydrogens is 335 g/mol. The lowest BCUT2D eigenvalue weighted by Gasteiger charge is -2.35. The van der Waals surface area contributed by atoms with Crippen LogP contribution in [-0.2, 0) is 13.0 Å². The van der Waals surface area contributed by atoms with E-state index in [1.807, 2.05) is 6.07 Å². The number of benzene rings is 3. The van der Waals surface area contributed by atoms with Gasteiger partial charge in [0.15, 0.2) is 0 Å². The summed E-state index contributed by atoms with van der Waals surface area (Å²) in [5, 5.41) is 3.68. The Bertz CT molecular complexity index is 1120. The molecule has 0 fully saturated rings. The second-order valence-corrected chi connectivity index (χ2v) is 7.49. The van der Waals surface area contributed by atoms with E-state index in [1.54, 1.807) is 12.1 Å². The first-order chi connectivity index (χ1) is 13.2. The third-order valence-electron chi connectivity index (χ3n) is 5.96. The molecule has 0 saturated heterocycles. The summed E-state index contributed by atoms with van der Waals surface area (Å²) in [7, 11) is 0. The van der Waals surface area contributed by atoms with Gasteiger partial charge in [-0.3, -0.25) is 4.90 Å². The zero-order valence-electron chi connectivity index (χ0n) is 15.5. The van der Waals surface area contributed by atoms with Crippen molar-refractivity contribution < 1.29 is 4.39 Å². The van der Waals surface area contributed by atoms with Gasteiger partial charge in [-0.05, 0) is 52.9 Å². The molecule has 0 aliphatic carbocycles. The maximum Gasteiger partial charge on any atom is 0.123 e. The highest BCUT2D eigenvalue weighted by Gasteiger charge is 2.29. The van der Waals surface area contributed by atoms with Crippen LogP contribution in [0.2, 0.25) is 0 Å². The van der Waals surface area contributed by atoms with Crippen molar-refractivity contribution in [3.05, 3.63) is 83.3 Å². The van der Waals surface area contributed by atoms with Crippen LogP contribution in [0, 0.1) is 5.82 Å². The van der Waals surface area contributed by atoms with Gasteiger partial charge in [0.25, 0.3) is 0 Å². The second kappa shape index (κ2) is 6.50. The number of nitrogens with one attached hydrogen (secondary N) is 1. The van der Waals surface area contributed by atoms with Crippen molar-refractivity contribution in [2.75, 3.05) is 6.54 Å². The summed E-state index contributed by atoms with van der Waals surface area (Å²) >= 11 is 0. The lowest BCUT2D eigenvalue weighted by molar-refractivity contribution is 0.169. The standard InChI is InChI=1S/C24H23FN2/c1-2-23-24-20(21-14-18(25)10-11-22(21)26-24)12-13-27(23)15-17-8-5-7-16-6-3-4-9-19(16)17/h3-11,14,23,26H,2,12-13,15H2,1H3/t23-/m1/s1. The highest BCUT2D eigenvalue weighted by Crippen LogP contribution is 2.37. The number of nitrogens with zero attached hydrogens (tertiary/aromatic N) is 1. The monoisotopic (exact) mass is 358 g/mol. The molecule has 1 aromatic heterocycles. The van der Waals surface area contributed by atoms with Crippen molar-refractivity contribution in [2.24, 2.45) is 0 Å². The van der Waals surface area contributed by atoms with E-state index in [0.29, 0.717) is 6.04 Å². The summed E-state index contributed by atoms with van der Waals surface area (Å²) in [5.74, 6) is -0.157. The third-order valence-corrected chi connectivity index (χ3v) is 5.96. The van der Waals surface area contributed by atoms with Gasteiger partial charge in [0.05, 0.1) is 6.04 Å². The van der Waals surface area contributed by atoms with Crippen molar-refractivity contribution in [1.82, 2.24) is 9.88 Å². The summed E-state index contributed by atoms with van der Waals surface area (Å²) in [6.45, 7) is 4.17. The highest BCUT2D eigenvalue weighted by atomic mass is 19.1. The SMILES string of the molecule is CC[C@@H]1c2[nH]c3ccc(F)cc3c2CCN1Cc1cccc2ccccc12. The van der Waals surface area contributed by atoms with Crippen LogP contribution in [0.5, 0.6) is 0 Å². The molecule has 1 aliphatic heterocycles. The fraction of sp³-hybridized carbons (Fsp3) is 0.250. The minimum absolute atomic E-state index is 0.157. The van der Waals surface area contributed by atoms with Crippen LogP contribution in [0.1, 0.15) is 36.2 Å². The molecule has 5 rings (SSSR count). The Kier molecular flexibility index (Phi) is 3.98. The molecule has 4 aromatic rings. The van der Waals surface area contributed by atoms with Gasteiger partial charge in [0, 0.05) is 29.7 Å². The molecule has 0 unspecified atom stereocenters. The van der Waals surface area contributed by atoms with Gasteiger partial charge < -0.3 is 4.98 Å². The number of rotatable bonds is 3. The number of hydrogen-bond acceptors (Lipinski definition) is 1. The molecule has 0 spiro atoms. The smallest absolute Gasteiger partial charge is 0.123 e. The Morgan fingerprint density at radius 1 is 1.04 bits per heavy atom. The van der Waals surface area contributed by atoms with Gasteiger partial charge in [0.2, 0.25) is 0 Å². The lowest BCUT2D eigenvalue weighted by Crippen LogP contribution is -2.34. The molecular formula is C24H23FN2. The first kappa shape index (κ1) is 16.5. The summed E-state index contributed by atoms with van der Waals surface area (Å²) < 4.78 is 13.8. The van der Waals surface area contributed by atoms with Crippen molar-refractivity contribution >= 4 is 21.7 Å². The van der Waals surface area contributed by atoms with E-state index in [1.165, 1.54) is 27.6 Å². The fourth-order valence-electron chi connectivity index (χ4n) is 4.69. The van der Waals surface area contributed by atoms with Gasteiger partial charge >= 0.3 is 0 Å². The molecule has 0 bridgehead atoms. The molecule has 1 N–H and O–H groups in total. The molecule has 0 amide bonds. The van der Waals surface area contributed by atoms with Gasteiger partial charge in [-0.25, -0.2) is 4.39 Å². The van der Waals surface area contributed by atoms with E-state index in [-0.39, 0.29) is 5.82 Å². The van der Waals surface area contributed by atoms with Crippen LogP contribution in [0.15, 0.2) is 60.7 Å². The molecule has 2 heterocycles. The Balaban J connectivity index is 1.54. The fourth-order valence-corrected chi connectivity index (χ4v) is 4.69. The Morgan fingerprint density at radius 3 is 2.78 bits per heavy atom. The molecule has 136 valence electrons. The predicted octanol–water partition coefficient (Wildman–Crippen LogP) is 5.97. The molecule has 0 saturated carbocycles. The van der Waals surface area contributed by atoms with Crippen LogP contribution in [0.3, 0.4) is 0 Å². The minimum Gasteiger partial charge on any atom is -0.357 e. The largest absolute Gasteiger partial charge is 0.357 e. The van der Waals surface area contributed by atoms with E-state index in [4.69, 9.17) is 0 Å². The summed E-state index contributed by atoms with van der Waals surface area (Å²) in [5.41, 5.74) is 4.99. The molecule has 27 heavy (non-hydrogen) atoms. The summed E-state index contributed by atoms with van der Waals surface area (Å²) in [6.07, 6.45) is 1.99. The van der Waals surface area contributed by atoms with E-state index in [0.717, 1.165) is 36.8 Å². The maximum atomic E-state index is 13.8. The van der Waals surface area contributed by atoms with Crippen LogP contribution < -0.4 is 0 Å². The molecule has 1 aliphatic rings. The second-order valence-electron chi connectivity index (χ2n) is 7.49. The van der Waals surface area contributed by atoms with Gasteiger partial charge in [0.1, 0.15) is 5.82 Å². The Morgan fingerprint density at radius 2 is 1.89 bits per heavy atom. The highest BCUT2D eigenvalue weighted by molar-refractivity contribution is 5.86. The number of fused-ring (bicyclic) bond motifs is 4. The van der Waals surface area contributed by atoms with E-state index >= 15 is 0 Å². The number of aromatic amines is 1. The number of H-pyrrole nitrogens is 1. The molecule has 0 radical (unpaired) electrons. The number of halogens is 1. The zero-order chi connectivity index (χ0) is 18.4. The van der Waals surface area contributed by atoms with E-state index in [2.05, 4.69) is 59.3 Å². The van der Waals surface area contributed by atoms with Crippen molar-refractivity contribution in [3.63, 3.8) is 0 Å². The normalized spacial score (nSPS) is 17.5. The van der Waals surface area contributed by atoms with Crippen molar-refractivity contribution in [1.29, 1.82) is 0 Å². The van der Waals surface area contributed by atoms with Crippen molar-refractivity contribution in [2.45, 2.75) is 32.4 Å². The van der Waals surface area contributed by atoms with Crippen LogP contribution in [-0.4, -0.2) is 16.4 Å². The maximum absolute atomic E-state index is 13.8. The van der Waals surface area contributed by atoms with Gasteiger partial charge in [-0.15, -0.1) is 0 Å². The van der Waals surface area contributed by atoms with E-state index in [9.17, 15) is 4.39 Å². The molecule has 3 heteroatoms. The number of aromatic nitrogens is 1. The molecule has 2 nitrogen and oxygen atoms in total. The van der Waals surface area contributed by atoms with Gasteiger partial charge in [-0.1, -0.05) is 49.4 Å². The first-order valence-electron chi connectivity index (χ1n) is 9.75. The lowest BCUT2D eigenvalue weighted by atomic mass is 9.94. The minimum atomic E-state index is -0.157. The average molecular weight is 358 g/mol. The average Bonchev–Trinajstić information content (AvgIpc) is 3.06. The third kappa shape index (κ3) is 2.74. The van der Waals surface area contributed by atoms with Crippen LogP contribution >= 0.6 is 0 Å². The van der Waals surface area contributed by atoms with E-state index < -0.39 is 0 Å². The molecule has 3 aromatic carbocycles.